The van der Waals surface area contributed by atoms with Gasteiger partial charge in [-0.25, -0.2) is 9.78 Å². The van der Waals surface area contributed by atoms with Crippen LogP contribution in [0.5, 0.6) is 0 Å². The van der Waals surface area contributed by atoms with Gasteiger partial charge in [-0.1, -0.05) is 13.8 Å². The van der Waals surface area contributed by atoms with Gasteiger partial charge in [-0.05, 0) is 12.1 Å². The van der Waals surface area contributed by atoms with Crippen molar-refractivity contribution in [2.24, 2.45) is 0 Å². The summed E-state index contributed by atoms with van der Waals surface area (Å²) >= 11 is 1.31. The number of rotatable bonds is 4. The third-order valence-electron chi connectivity index (χ3n) is 2.46. The quantitative estimate of drug-likeness (QED) is 0.907. The molecule has 5 heteroatoms. The third-order valence-corrected chi connectivity index (χ3v) is 3.52. The lowest BCUT2D eigenvalue weighted by atomic mass is 10.2. The first-order chi connectivity index (χ1) is 8.08. The maximum atomic E-state index is 10.8. The molecule has 4 nitrogen and oxygen atoms in total. The first kappa shape index (κ1) is 11.9. The van der Waals surface area contributed by atoms with E-state index in [2.05, 4.69) is 23.4 Å². The third kappa shape index (κ3) is 2.55. The minimum atomic E-state index is -0.865. The van der Waals surface area contributed by atoms with Crippen LogP contribution in [0.4, 0.5) is 0 Å². The molecular formula is C12H14N2O2S. The lowest BCUT2D eigenvalue weighted by Gasteiger charge is -2.08. The number of carboxylic acid groups (broad SMARTS) is 1. The number of carbonyl (C=O) groups is 1. The number of thiophene rings is 1. The number of aromatic nitrogens is 2. The monoisotopic (exact) mass is 250 g/mol. The van der Waals surface area contributed by atoms with Gasteiger partial charge in [0.05, 0.1) is 6.54 Å². The van der Waals surface area contributed by atoms with E-state index in [4.69, 9.17) is 5.11 Å². The van der Waals surface area contributed by atoms with Gasteiger partial charge in [-0.3, -0.25) is 0 Å². The molecule has 2 rings (SSSR count). The zero-order valence-electron chi connectivity index (χ0n) is 9.75. The topological polar surface area (TPSA) is 55.1 Å². The highest BCUT2D eigenvalue weighted by molar-refractivity contribution is 7.13. The number of hydrogen-bond acceptors (Lipinski definition) is 3. The molecule has 1 N–H and O–H groups in total. The van der Waals surface area contributed by atoms with Crippen molar-refractivity contribution < 1.29 is 9.90 Å². The van der Waals surface area contributed by atoms with E-state index in [0.717, 1.165) is 10.7 Å². The van der Waals surface area contributed by atoms with Crippen LogP contribution >= 0.6 is 11.3 Å². The van der Waals surface area contributed by atoms with Gasteiger partial charge in [0.25, 0.3) is 0 Å². The SMILES string of the molecule is CC(C)c1nccn1Cc1ccc(C(=O)O)s1. The lowest BCUT2D eigenvalue weighted by Crippen LogP contribution is -2.04. The molecule has 0 aromatic carbocycles. The summed E-state index contributed by atoms with van der Waals surface area (Å²) in [4.78, 5) is 16.5. The maximum absolute atomic E-state index is 10.8. The van der Waals surface area contributed by atoms with Crippen molar-refractivity contribution in [2.75, 3.05) is 0 Å². The highest BCUT2D eigenvalue weighted by Crippen LogP contribution is 2.20. The first-order valence-corrected chi connectivity index (χ1v) is 6.22. The Balaban J connectivity index is 2.19. The molecule has 0 amide bonds. The van der Waals surface area contributed by atoms with E-state index in [-0.39, 0.29) is 0 Å². The molecule has 0 aliphatic rings. The van der Waals surface area contributed by atoms with Gasteiger partial charge in [-0.2, -0.15) is 0 Å². The van der Waals surface area contributed by atoms with E-state index in [9.17, 15) is 4.79 Å². The van der Waals surface area contributed by atoms with Gasteiger partial charge >= 0.3 is 5.97 Å². The molecule has 0 saturated heterocycles. The Labute approximate surface area is 104 Å². The fourth-order valence-electron chi connectivity index (χ4n) is 1.70. The molecule has 0 aliphatic heterocycles. The molecule has 90 valence electrons. The molecule has 0 radical (unpaired) electrons. The van der Waals surface area contributed by atoms with Gasteiger partial charge in [0.2, 0.25) is 0 Å². The molecule has 17 heavy (non-hydrogen) atoms. The molecule has 0 bridgehead atoms. The van der Waals surface area contributed by atoms with Gasteiger partial charge in [0, 0.05) is 23.2 Å². The molecule has 0 unspecified atom stereocenters. The number of carboxylic acids is 1. The van der Waals surface area contributed by atoms with Crippen LogP contribution in [0.2, 0.25) is 0 Å². The molecule has 0 fully saturated rings. The number of nitrogens with zero attached hydrogens (tertiary/aromatic N) is 2. The summed E-state index contributed by atoms with van der Waals surface area (Å²) in [6, 6.07) is 3.51. The summed E-state index contributed by atoms with van der Waals surface area (Å²) in [7, 11) is 0. The van der Waals surface area contributed by atoms with E-state index in [1.807, 2.05) is 12.3 Å². The van der Waals surface area contributed by atoms with Gasteiger partial charge in [0.15, 0.2) is 0 Å². The summed E-state index contributed by atoms with van der Waals surface area (Å²) in [6.07, 6.45) is 3.70. The zero-order valence-corrected chi connectivity index (χ0v) is 10.6. The van der Waals surface area contributed by atoms with Gasteiger partial charge in [-0.15, -0.1) is 11.3 Å². The molecule has 2 aromatic rings. The Kier molecular flexibility index (Phi) is 3.28. The number of aromatic carboxylic acids is 1. The minimum absolute atomic E-state index is 0.365. The lowest BCUT2D eigenvalue weighted by molar-refractivity contribution is 0.0702. The summed E-state index contributed by atoms with van der Waals surface area (Å²) in [5.74, 6) is 0.523. The second kappa shape index (κ2) is 4.71. The van der Waals surface area contributed by atoms with Crippen molar-refractivity contribution in [3.05, 3.63) is 40.1 Å². The van der Waals surface area contributed by atoms with E-state index in [1.54, 1.807) is 12.3 Å². The normalized spacial score (nSPS) is 11.0. The van der Waals surface area contributed by atoms with Crippen LogP contribution in [-0.4, -0.2) is 20.6 Å². The van der Waals surface area contributed by atoms with E-state index < -0.39 is 5.97 Å². The van der Waals surface area contributed by atoms with Crippen molar-refractivity contribution in [1.82, 2.24) is 9.55 Å². The maximum Gasteiger partial charge on any atom is 0.345 e. The predicted molar refractivity (Wildman–Crippen MR) is 66.7 cm³/mol. The van der Waals surface area contributed by atoms with E-state index in [0.29, 0.717) is 17.3 Å². The van der Waals surface area contributed by atoms with Gasteiger partial charge < -0.3 is 9.67 Å². The molecule has 0 atom stereocenters. The summed E-state index contributed by atoms with van der Waals surface area (Å²) in [5, 5.41) is 8.86. The Morgan fingerprint density at radius 3 is 2.88 bits per heavy atom. The van der Waals surface area contributed by atoms with E-state index in [1.165, 1.54) is 11.3 Å². The zero-order chi connectivity index (χ0) is 12.4. The summed E-state index contributed by atoms with van der Waals surface area (Å²) in [6.45, 7) is 4.87. The minimum Gasteiger partial charge on any atom is -0.477 e. The fourth-order valence-corrected chi connectivity index (χ4v) is 2.55. The van der Waals surface area contributed by atoms with Crippen LogP contribution in [0.25, 0.3) is 0 Å². The van der Waals surface area contributed by atoms with Crippen LogP contribution < -0.4 is 0 Å². The second-order valence-corrected chi connectivity index (χ2v) is 5.31. The summed E-state index contributed by atoms with van der Waals surface area (Å²) in [5.41, 5.74) is 0. The largest absolute Gasteiger partial charge is 0.477 e. The smallest absolute Gasteiger partial charge is 0.345 e. The number of imidazole rings is 1. The fraction of sp³-hybridized carbons (Fsp3) is 0.333. The average Bonchev–Trinajstić information content (AvgIpc) is 2.86. The summed E-state index contributed by atoms with van der Waals surface area (Å²) < 4.78 is 2.06. The molecular weight excluding hydrogens is 236 g/mol. The highest BCUT2D eigenvalue weighted by Gasteiger charge is 2.10. The van der Waals surface area contributed by atoms with Crippen molar-refractivity contribution in [3.63, 3.8) is 0 Å². The molecule has 0 saturated carbocycles. The highest BCUT2D eigenvalue weighted by atomic mass is 32.1. The Bertz CT molecular complexity index is 528. The first-order valence-electron chi connectivity index (χ1n) is 5.41. The number of hydrogen-bond donors (Lipinski definition) is 1. The van der Waals surface area contributed by atoms with Crippen LogP contribution in [0, 0.1) is 0 Å². The molecule has 2 aromatic heterocycles. The van der Waals surface area contributed by atoms with E-state index >= 15 is 0 Å². The van der Waals surface area contributed by atoms with Crippen LogP contribution in [-0.2, 0) is 6.54 Å². The van der Waals surface area contributed by atoms with Crippen LogP contribution in [0.15, 0.2) is 24.5 Å². The molecule has 2 heterocycles. The van der Waals surface area contributed by atoms with Crippen molar-refractivity contribution >= 4 is 17.3 Å². The van der Waals surface area contributed by atoms with Crippen LogP contribution in [0.1, 0.15) is 40.1 Å². The second-order valence-electron chi connectivity index (χ2n) is 4.14. The predicted octanol–water partition coefficient (Wildman–Crippen LogP) is 2.81. The molecule has 0 spiro atoms. The Morgan fingerprint density at radius 1 is 1.53 bits per heavy atom. The standard InChI is InChI=1S/C12H14N2O2S/c1-8(2)11-13-5-6-14(11)7-9-3-4-10(17-9)12(15)16/h3-6,8H,7H2,1-2H3,(H,15,16). The van der Waals surface area contributed by atoms with Crippen molar-refractivity contribution in [2.45, 2.75) is 26.3 Å². The van der Waals surface area contributed by atoms with Gasteiger partial charge in [0.1, 0.15) is 10.7 Å². The Hall–Kier alpha value is -1.62. The van der Waals surface area contributed by atoms with Crippen molar-refractivity contribution in [3.8, 4) is 0 Å². The average molecular weight is 250 g/mol. The van der Waals surface area contributed by atoms with Crippen LogP contribution in [0.3, 0.4) is 0 Å². The molecule has 0 aliphatic carbocycles. The van der Waals surface area contributed by atoms with Crippen molar-refractivity contribution in [1.29, 1.82) is 0 Å². The Morgan fingerprint density at radius 2 is 2.29 bits per heavy atom.